The van der Waals surface area contributed by atoms with Gasteiger partial charge in [-0.1, -0.05) is 24.6 Å². The van der Waals surface area contributed by atoms with E-state index >= 15 is 0 Å². The van der Waals surface area contributed by atoms with Gasteiger partial charge in [0.1, 0.15) is 17.5 Å². The molecule has 0 aliphatic carbocycles. The first-order valence-corrected chi connectivity index (χ1v) is 7.11. The molecule has 0 bridgehead atoms. The van der Waals surface area contributed by atoms with Gasteiger partial charge >= 0.3 is 0 Å². The molecule has 0 fully saturated rings. The molecular formula is C16H22N4. The molecule has 4 heteroatoms. The van der Waals surface area contributed by atoms with E-state index in [1.54, 1.807) is 0 Å². The Balaban J connectivity index is 2.38. The minimum Gasteiger partial charge on any atom is -0.384 e. The first kappa shape index (κ1) is 14.3. The van der Waals surface area contributed by atoms with Gasteiger partial charge in [0.2, 0.25) is 0 Å². The van der Waals surface area contributed by atoms with Crippen LogP contribution >= 0.6 is 0 Å². The van der Waals surface area contributed by atoms with E-state index in [1.165, 1.54) is 5.56 Å². The topological polar surface area (TPSA) is 55.0 Å². The zero-order chi connectivity index (χ0) is 14.5. The third-order valence-corrected chi connectivity index (χ3v) is 3.19. The van der Waals surface area contributed by atoms with Gasteiger partial charge in [0.15, 0.2) is 0 Å². The number of nitrogens with zero attached hydrogens (tertiary/aromatic N) is 3. The van der Waals surface area contributed by atoms with E-state index in [1.807, 2.05) is 6.07 Å². The second-order valence-corrected chi connectivity index (χ2v) is 4.90. The summed E-state index contributed by atoms with van der Waals surface area (Å²) in [6.07, 6.45) is 1.86. The standard InChI is InChI=1S/C16H22N4/c1-4-6-15-18-14(17)11-16(19-15)20(5-2)13-9-7-12(3)8-10-13/h7-11H,4-6H2,1-3H3,(H2,17,18,19). The molecule has 0 aliphatic heterocycles. The van der Waals surface area contributed by atoms with Crippen molar-refractivity contribution in [3.8, 4) is 0 Å². The minimum atomic E-state index is 0.531. The van der Waals surface area contributed by atoms with Crippen LogP contribution in [0.25, 0.3) is 0 Å². The summed E-state index contributed by atoms with van der Waals surface area (Å²) < 4.78 is 0. The second kappa shape index (κ2) is 6.37. The number of hydrogen-bond acceptors (Lipinski definition) is 4. The lowest BCUT2D eigenvalue weighted by Gasteiger charge is -2.23. The average molecular weight is 270 g/mol. The summed E-state index contributed by atoms with van der Waals surface area (Å²) >= 11 is 0. The monoisotopic (exact) mass is 270 g/mol. The van der Waals surface area contributed by atoms with Gasteiger partial charge in [-0.15, -0.1) is 0 Å². The number of nitrogens with two attached hydrogens (primary N) is 1. The maximum Gasteiger partial charge on any atom is 0.138 e. The highest BCUT2D eigenvalue weighted by Crippen LogP contribution is 2.25. The lowest BCUT2D eigenvalue weighted by molar-refractivity contribution is 0.828. The Morgan fingerprint density at radius 1 is 1.10 bits per heavy atom. The Morgan fingerprint density at radius 2 is 1.80 bits per heavy atom. The molecule has 0 amide bonds. The van der Waals surface area contributed by atoms with Gasteiger partial charge in [0.25, 0.3) is 0 Å². The van der Waals surface area contributed by atoms with Gasteiger partial charge < -0.3 is 10.6 Å². The molecule has 0 unspecified atom stereocenters. The number of hydrogen-bond donors (Lipinski definition) is 1. The van der Waals surface area contributed by atoms with E-state index in [9.17, 15) is 0 Å². The summed E-state index contributed by atoms with van der Waals surface area (Å²) in [6, 6.07) is 10.3. The Kier molecular flexibility index (Phi) is 4.56. The highest BCUT2D eigenvalue weighted by atomic mass is 15.2. The molecule has 0 saturated carbocycles. The van der Waals surface area contributed by atoms with Crippen LogP contribution in [-0.4, -0.2) is 16.5 Å². The van der Waals surface area contributed by atoms with Crippen molar-refractivity contribution in [1.29, 1.82) is 0 Å². The molecule has 2 N–H and O–H groups in total. The fraction of sp³-hybridized carbons (Fsp3) is 0.375. The van der Waals surface area contributed by atoms with Gasteiger partial charge in [-0.25, -0.2) is 9.97 Å². The first-order valence-electron chi connectivity index (χ1n) is 7.11. The van der Waals surface area contributed by atoms with Gasteiger partial charge in [-0.05, 0) is 32.4 Å². The second-order valence-electron chi connectivity index (χ2n) is 4.90. The lowest BCUT2D eigenvalue weighted by atomic mass is 10.2. The Labute approximate surface area is 120 Å². The molecule has 1 aromatic carbocycles. The number of benzene rings is 1. The van der Waals surface area contributed by atoms with Gasteiger partial charge in [0, 0.05) is 24.7 Å². The number of aryl methyl sites for hydroxylation is 2. The predicted octanol–water partition coefficient (Wildman–Crippen LogP) is 3.48. The van der Waals surface area contributed by atoms with E-state index in [0.29, 0.717) is 5.82 Å². The van der Waals surface area contributed by atoms with Crippen molar-refractivity contribution in [2.24, 2.45) is 0 Å². The molecule has 0 radical (unpaired) electrons. The van der Waals surface area contributed by atoms with Crippen LogP contribution in [0.1, 0.15) is 31.7 Å². The van der Waals surface area contributed by atoms with Crippen molar-refractivity contribution in [2.45, 2.75) is 33.6 Å². The Morgan fingerprint density at radius 3 is 2.40 bits per heavy atom. The van der Waals surface area contributed by atoms with E-state index in [2.05, 4.69) is 59.9 Å². The van der Waals surface area contributed by atoms with Crippen LogP contribution in [0.4, 0.5) is 17.3 Å². The smallest absolute Gasteiger partial charge is 0.138 e. The summed E-state index contributed by atoms with van der Waals surface area (Å²) in [5.74, 6) is 2.21. The fourth-order valence-electron chi connectivity index (χ4n) is 2.18. The Bertz CT molecular complexity index is 563. The van der Waals surface area contributed by atoms with Crippen molar-refractivity contribution in [3.63, 3.8) is 0 Å². The number of aromatic nitrogens is 2. The molecule has 4 nitrogen and oxygen atoms in total. The van der Waals surface area contributed by atoms with Gasteiger partial charge in [-0.3, -0.25) is 0 Å². The zero-order valence-corrected chi connectivity index (χ0v) is 12.4. The molecule has 20 heavy (non-hydrogen) atoms. The quantitative estimate of drug-likeness (QED) is 0.903. The summed E-state index contributed by atoms with van der Waals surface area (Å²) in [4.78, 5) is 11.1. The Hall–Kier alpha value is -2.10. The molecule has 1 aromatic heterocycles. The van der Waals surface area contributed by atoms with E-state index < -0.39 is 0 Å². The predicted molar refractivity (Wildman–Crippen MR) is 84.3 cm³/mol. The van der Waals surface area contributed by atoms with Gasteiger partial charge in [0.05, 0.1) is 0 Å². The molecule has 0 saturated heterocycles. The SMILES string of the molecule is CCCc1nc(N)cc(N(CC)c2ccc(C)cc2)n1. The largest absolute Gasteiger partial charge is 0.384 e. The van der Waals surface area contributed by atoms with Crippen molar-refractivity contribution in [2.75, 3.05) is 17.2 Å². The van der Waals surface area contributed by atoms with Crippen molar-refractivity contribution in [1.82, 2.24) is 9.97 Å². The molecule has 1 heterocycles. The highest BCUT2D eigenvalue weighted by molar-refractivity contribution is 5.62. The van der Waals surface area contributed by atoms with Crippen LogP contribution in [0.2, 0.25) is 0 Å². The van der Waals surface area contributed by atoms with Gasteiger partial charge in [-0.2, -0.15) is 0 Å². The number of anilines is 3. The van der Waals surface area contributed by atoms with Crippen molar-refractivity contribution < 1.29 is 0 Å². The molecular weight excluding hydrogens is 248 g/mol. The zero-order valence-electron chi connectivity index (χ0n) is 12.4. The molecule has 0 atom stereocenters. The normalized spacial score (nSPS) is 10.6. The summed E-state index contributed by atoms with van der Waals surface area (Å²) in [5, 5.41) is 0. The van der Waals surface area contributed by atoms with Crippen LogP contribution in [0.15, 0.2) is 30.3 Å². The third-order valence-electron chi connectivity index (χ3n) is 3.19. The maximum atomic E-state index is 5.91. The average Bonchev–Trinajstić information content (AvgIpc) is 2.41. The van der Waals surface area contributed by atoms with Crippen LogP contribution in [-0.2, 0) is 6.42 Å². The van der Waals surface area contributed by atoms with Crippen molar-refractivity contribution in [3.05, 3.63) is 41.7 Å². The van der Waals surface area contributed by atoms with E-state index in [-0.39, 0.29) is 0 Å². The summed E-state index contributed by atoms with van der Waals surface area (Å²) in [7, 11) is 0. The fourth-order valence-corrected chi connectivity index (χ4v) is 2.18. The molecule has 106 valence electrons. The summed E-state index contributed by atoms with van der Waals surface area (Å²) in [6.45, 7) is 7.15. The van der Waals surface area contributed by atoms with E-state index in [4.69, 9.17) is 5.73 Å². The van der Waals surface area contributed by atoms with Crippen molar-refractivity contribution >= 4 is 17.3 Å². The van der Waals surface area contributed by atoms with Crippen LogP contribution < -0.4 is 10.6 Å². The number of rotatable bonds is 5. The molecule has 2 rings (SSSR count). The van der Waals surface area contributed by atoms with Crippen LogP contribution in [0, 0.1) is 6.92 Å². The maximum absolute atomic E-state index is 5.91. The lowest BCUT2D eigenvalue weighted by Crippen LogP contribution is -2.18. The minimum absolute atomic E-state index is 0.531. The molecule has 2 aromatic rings. The molecule has 0 spiro atoms. The van der Waals surface area contributed by atoms with E-state index in [0.717, 1.165) is 36.7 Å². The van der Waals surface area contributed by atoms with Crippen LogP contribution in [0.3, 0.4) is 0 Å². The highest BCUT2D eigenvalue weighted by Gasteiger charge is 2.11. The third kappa shape index (κ3) is 3.26. The summed E-state index contributed by atoms with van der Waals surface area (Å²) in [5.41, 5.74) is 8.28. The van der Waals surface area contributed by atoms with Crippen LogP contribution in [0.5, 0.6) is 0 Å². The molecule has 0 aliphatic rings. The first-order chi connectivity index (χ1) is 9.63. The number of nitrogen functional groups attached to an aromatic ring is 1.